The molecule has 0 aliphatic heterocycles. The lowest BCUT2D eigenvalue weighted by atomic mass is 9.86. The summed E-state index contributed by atoms with van der Waals surface area (Å²) in [6, 6.07) is 7.70. The van der Waals surface area contributed by atoms with Crippen LogP contribution >= 0.6 is 0 Å². The average molecular weight is 219 g/mol. The fraction of sp³-hybridized carbons (Fsp3) is 0.308. The molecule has 0 aromatic heterocycles. The molecule has 1 aromatic rings. The monoisotopic (exact) mass is 219 g/mol. The van der Waals surface area contributed by atoms with Gasteiger partial charge in [0.2, 0.25) is 0 Å². The molecule has 3 nitrogen and oxygen atoms in total. The van der Waals surface area contributed by atoms with Crippen LogP contribution in [0.5, 0.6) is 0 Å². The van der Waals surface area contributed by atoms with Crippen LogP contribution in [0.4, 0.5) is 4.79 Å². The molecule has 0 saturated heterocycles. The van der Waals surface area contributed by atoms with Crippen molar-refractivity contribution in [1.82, 2.24) is 0 Å². The first kappa shape index (κ1) is 12.3. The van der Waals surface area contributed by atoms with E-state index in [4.69, 9.17) is 10.5 Å². The lowest BCUT2D eigenvalue weighted by Crippen LogP contribution is -2.33. The smallest absolute Gasteiger partial charge is 0.405 e. The number of nitrogens with two attached hydrogens (primary N) is 1. The van der Waals surface area contributed by atoms with E-state index in [1.807, 2.05) is 38.1 Å². The van der Waals surface area contributed by atoms with E-state index in [0.29, 0.717) is 0 Å². The second kappa shape index (κ2) is 4.39. The zero-order valence-corrected chi connectivity index (χ0v) is 9.91. The van der Waals surface area contributed by atoms with Crippen molar-refractivity contribution in [3.05, 3.63) is 47.5 Å². The van der Waals surface area contributed by atoms with Gasteiger partial charge in [0, 0.05) is 5.56 Å². The Bertz CT molecular complexity index is 426. The lowest BCUT2D eigenvalue weighted by molar-refractivity contribution is 0.0564. The van der Waals surface area contributed by atoms with Gasteiger partial charge in [-0.15, -0.1) is 0 Å². The third kappa shape index (κ3) is 2.24. The molecule has 2 N–H and O–H groups in total. The van der Waals surface area contributed by atoms with Gasteiger partial charge in [0.25, 0.3) is 0 Å². The van der Waals surface area contributed by atoms with Crippen molar-refractivity contribution in [3.63, 3.8) is 0 Å². The summed E-state index contributed by atoms with van der Waals surface area (Å²) in [5, 5.41) is 0. The Balaban J connectivity index is 3.27. The number of hydrogen-bond donors (Lipinski definition) is 1. The van der Waals surface area contributed by atoms with Crippen molar-refractivity contribution < 1.29 is 9.53 Å². The highest BCUT2D eigenvalue weighted by Crippen LogP contribution is 2.34. The number of amides is 1. The SMILES string of the molecule is C=C(C)C(C)(OC(N)=O)c1ccccc1C. The summed E-state index contributed by atoms with van der Waals surface area (Å²) in [5.41, 5.74) is 6.91. The van der Waals surface area contributed by atoms with Gasteiger partial charge in [-0.1, -0.05) is 30.8 Å². The summed E-state index contributed by atoms with van der Waals surface area (Å²) < 4.78 is 5.21. The first-order valence-electron chi connectivity index (χ1n) is 5.08. The highest BCUT2D eigenvalue weighted by molar-refractivity contribution is 5.66. The summed E-state index contributed by atoms with van der Waals surface area (Å²) in [7, 11) is 0. The molecule has 0 heterocycles. The number of benzene rings is 1. The predicted octanol–water partition coefficient (Wildman–Crippen LogP) is 2.88. The van der Waals surface area contributed by atoms with Crippen LogP contribution in [-0.4, -0.2) is 6.09 Å². The second-order valence-electron chi connectivity index (χ2n) is 4.05. The summed E-state index contributed by atoms with van der Waals surface area (Å²) >= 11 is 0. The second-order valence-corrected chi connectivity index (χ2v) is 4.05. The van der Waals surface area contributed by atoms with Crippen molar-refractivity contribution in [1.29, 1.82) is 0 Å². The quantitative estimate of drug-likeness (QED) is 0.795. The highest BCUT2D eigenvalue weighted by Gasteiger charge is 2.32. The maximum atomic E-state index is 11.0. The largest absolute Gasteiger partial charge is 0.434 e. The van der Waals surface area contributed by atoms with Gasteiger partial charge in [-0.3, -0.25) is 0 Å². The molecule has 3 heteroatoms. The van der Waals surface area contributed by atoms with Gasteiger partial charge in [0.05, 0.1) is 0 Å². The van der Waals surface area contributed by atoms with Gasteiger partial charge in [0.15, 0.2) is 5.60 Å². The van der Waals surface area contributed by atoms with E-state index in [-0.39, 0.29) is 0 Å². The van der Waals surface area contributed by atoms with Gasteiger partial charge in [-0.2, -0.15) is 0 Å². The van der Waals surface area contributed by atoms with Crippen LogP contribution in [0.15, 0.2) is 36.4 Å². The van der Waals surface area contributed by atoms with Crippen LogP contribution < -0.4 is 5.73 Å². The molecule has 0 aliphatic rings. The van der Waals surface area contributed by atoms with Crippen LogP contribution in [-0.2, 0) is 10.3 Å². The van der Waals surface area contributed by atoms with Crippen molar-refractivity contribution in [3.8, 4) is 0 Å². The minimum absolute atomic E-state index is 0.737. The first-order chi connectivity index (χ1) is 7.38. The molecule has 1 rings (SSSR count). The fourth-order valence-electron chi connectivity index (χ4n) is 1.68. The average Bonchev–Trinajstić information content (AvgIpc) is 2.16. The molecule has 0 radical (unpaired) electrons. The van der Waals surface area contributed by atoms with Gasteiger partial charge in [0.1, 0.15) is 0 Å². The Hall–Kier alpha value is -1.77. The molecule has 86 valence electrons. The molecule has 1 aromatic carbocycles. The van der Waals surface area contributed by atoms with Gasteiger partial charge in [-0.05, 0) is 31.9 Å². The molecule has 0 bridgehead atoms. The summed E-state index contributed by atoms with van der Waals surface area (Å²) in [6.45, 7) is 9.43. The summed E-state index contributed by atoms with van der Waals surface area (Å²) in [4.78, 5) is 11.0. The number of hydrogen-bond acceptors (Lipinski definition) is 2. The molecule has 16 heavy (non-hydrogen) atoms. The minimum Gasteiger partial charge on any atom is -0.434 e. The van der Waals surface area contributed by atoms with Crippen molar-refractivity contribution >= 4 is 6.09 Å². The Morgan fingerprint density at radius 2 is 2.00 bits per heavy atom. The van der Waals surface area contributed by atoms with E-state index in [0.717, 1.165) is 16.7 Å². The Kier molecular flexibility index (Phi) is 3.38. The molecule has 1 amide bonds. The maximum Gasteiger partial charge on any atom is 0.405 e. The molecule has 0 fully saturated rings. The topological polar surface area (TPSA) is 52.3 Å². The van der Waals surface area contributed by atoms with Crippen LogP contribution in [0.2, 0.25) is 0 Å². The Morgan fingerprint density at radius 1 is 1.44 bits per heavy atom. The van der Waals surface area contributed by atoms with E-state index in [9.17, 15) is 4.79 Å². The Labute approximate surface area is 95.9 Å². The van der Waals surface area contributed by atoms with Crippen LogP contribution in [0.25, 0.3) is 0 Å². The molecule has 1 atom stereocenters. The molecule has 1 unspecified atom stereocenters. The van der Waals surface area contributed by atoms with Crippen LogP contribution in [0.1, 0.15) is 25.0 Å². The number of ether oxygens (including phenoxy) is 1. The molecule has 0 aliphatic carbocycles. The number of carbonyl (C=O) groups is 1. The Morgan fingerprint density at radius 3 is 2.44 bits per heavy atom. The van der Waals surface area contributed by atoms with Crippen molar-refractivity contribution in [2.45, 2.75) is 26.4 Å². The van der Waals surface area contributed by atoms with Gasteiger partial charge in [-0.25, -0.2) is 4.79 Å². The van der Waals surface area contributed by atoms with E-state index in [1.165, 1.54) is 0 Å². The van der Waals surface area contributed by atoms with Crippen LogP contribution in [0, 0.1) is 6.92 Å². The minimum atomic E-state index is -0.864. The van der Waals surface area contributed by atoms with E-state index >= 15 is 0 Å². The predicted molar refractivity (Wildman–Crippen MR) is 64.0 cm³/mol. The molecular weight excluding hydrogens is 202 g/mol. The van der Waals surface area contributed by atoms with E-state index in [1.54, 1.807) is 6.92 Å². The van der Waals surface area contributed by atoms with Gasteiger partial charge >= 0.3 is 6.09 Å². The zero-order valence-electron chi connectivity index (χ0n) is 9.91. The van der Waals surface area contributed by atoms with Crippen molar-refractivity contribution in [2.75, 3.05) is 0 Å². The third-order valence-electron chi connectivity index (χ3n) is 2.78. The number of aryl methyl sites for hydroxylation is 1. The molecule has 0 saturated carbocycles. The van der Waals surface area contributed by atoms with E-state index < -0.39 is 11.7 Å². The van der Waals surface area contributed by atoms with Crippen LogP contribution in [0.3, 0.4) is 0 Å². The van der Waals surface area contributed by atoms with Crippen molar-refractivity contribution in [2.24, 2.45) is 5.73 Å². The molecular formula is C13H17NO2. The summed E-state index contributed by atoms with van der Waals surface area (Å²) in [6.07, 6.45) is -0.797. The molecule has 0 spiro atoms. The third-order valence-corrected chi connectivity index (χ3v) is 2.78. The number of rotatable bonds is 3. The zero-order chi connectivity index (χ0) is 12.3. The number of carbonyl (C=O) groups excluding carboxylic acids is 1. The lowest BCUT2D eigenvalue weighted by Gasteiger charge is -2.31. The number of primary amides is 1. The first-order valence-corrected chi connectivity index (χ1v) is 5.08. The maximum absolute atomic E-state index is 11.0. The normalized spacial score (nSPS) is 13.9. The van der Waals surface area contributed by atoms with Gasteiger partial charge < -0.3 is 10.5 Å². The highest BCUT2D eigenvalue weighted by atomic mass is 16.6. The fourth-order valence-corrected chi connectivity index (χ4v) is 1.68. The standard InChI is InChI=1S/C13H17NO2/c1-9(2)13(4,16-12(14)15)11-8-6-5-7-10(11)3/h5-8H,1H2,2-4H3,(H2,14,15). The summed E-state index contributed by atoms with van der Waals surface area (Å²) in [5.74, 6) is 0. The van der Waals surface area contributed by atoms with E-state index in [2.05, 4.69) is 6.58 Å².